The first-order valence-corrected chi connectivity index (χ1v) is 8.79. The number of hydrogen-bond acceptors (Lipinski definition) is 4. The second-order valence-corrected chi connectivity index (χ2v) is 6.62. The van der Waals surface area contributed by atoms with Crippen LogP contribution in [0.25, 0.3) is 0 Å². The predicted octanol–water partition coefficient (Wildman–Crippen LogP) is 1.88. The third-order valence-electron chi connectivity index (χ3n) is 4.73. The second kappa shape index (κ2) is 9.54. The first-order chi connectivity index (χ1) is 12.1. The summed E-state index contributed by atoms with van der Waals surface area (Å²) < 4.78 is 0. The summed E-state index contributed by atoms with van der Waals surface area (Å²) in [4.78, 5) is 36.6. The minimum absolute atomic E-state index is 0. The van der Waals surface area contributed by atoms with Crippen LogP contribution < -0.4 is 16.0 Å². The summed E-state index contributed by atoms with van der Waals surface area (Å²) in [5, 5.41) is 8.74. The molecular weight excluding hydrogens is 356 g/mol. The maximum atomic E-state index is 12.2. The molecule has 0 bridgehead atoms. The van der Waals surface area contributed by atoms with E-state index in [1.54, 1.807) is 6.07 Å². The van der Waals surface area contributed by atoms with Crippen LogP contribution >= 0.6 is 12.4 Å². The summed E-state index contributed by atoms with van der Waals surface area (Å²) in [6, 6.07) is 6.90. The van der Waals surface area contributed by atoms with Gasteiger partial charge in [0.1, 0.15) is 0 Å². The minimum atomic E-state index is -0.374. The average molecular weight is 381 g/mol. The van der Waals surface area contributed by atoms with Gasteiger partial charge in [-0.3, -0.25) is 14.5 Å². The predicted molar refractivity (Wildman–Crippen MR) is 101 cm³/mol. The standard InChI is InChI=1S/C18H24N4O3.ClH/c23-16(5-4-13-6-8-19-9-7-13)21-15-3-1-2-14(10-15)12-22-17(24)11-20-18(22)25;/h1-3,10,13,19H,4-9,11-12H2,(H,20,25)(H,21,23);1H. The Bertz CT molecular complexity index is 646. The van der Waals surface area contributed by atoms with Crippen LogP contribution in [0.15, 0.2) is 24.3 Å². The number of piperidine rings is 1. The molecule has 0 unspecified atom stereocenters. The summed E-state index contributed by atoms with van der Waals surface area (Å²) in [6.07, 6.45) is 3.70. The summed E-state index contributed by atoms with van der Waals surface area (Å²) in [5.74, 6) is 0.394. The molecule has 3 rings (SSSR count). The van der Waals surface area contributed by atoms with E-state index in [1.807, 2.05) is 18.2 Å². The van der Waals surface area contributed by atoms with Crippen molar-refractivity contribution in [1.82, 2.24) is 15.5 Å². The van der Waals surface area contributed by atoms with E-state index in [2.05, 4.69) is 16.0 Å². The number of imide groups is 1. The Kier molecular flexibility index (Phi) is 7.41. The number of carbonyl (C=O) groups is 3. The number of hydrogen-bond donors (Lipinski definition) is 3. The normalized spacial score (nSPS) is 17.6. The zero-order valence-electron chi connectivity index (χ0n) is 14.6. The van der Waals surface area contributed by atoms with Gasteiger partial charge in [0, 0.05) is 12.1 Å². The molecule has 2 heterocycles. The fraction of sp³-hybridized carbons (Fsp3) is 0.500. The second-order valence-electron chi connectivity index (χ2n) is 6.62. The molecule has 142 valence electrons. The van der Waals surface area contributed by atoms with Crippen LogP contribution in [0.4, 0.5) is 10.5 Å². The van der Waals surface area contributed by atoms with Gasteiger partial charge >= 0.3 is 6.03 Å². The van der Waals surface area contributed by atoms with Crippen molar-refractivity contribution < 1.29 is 14.4 Å². The zero-order chi connectivity index (χ0) is 17.6. The van der Waals surface area contributed by atoms with E-state index in [4.69, 9.17) is 0 Å². The van der Waals surface area contributed by atoms with E-state index in [9.17, 15) is 14.4 Å². The van der Waals surface area contributed by atoms with Crippen molar-refractivity contribution in [2.75, 3.05) is 25.0 Å². The molecule has 3 N–H and O–H groups in total. The summed E-state index contributed by atoms with van der Waals surface area (Å²) in [5.41, 5.74) is 1.50. The molecule has 2 saturated heterocycles. The van der Waals surface area contributed by atoms with Crippen LogP contribution in [0.1, 0.15) is 31.2 Å². The molecule has 1 aromatic carbocycles. The molecule has 0 spiro atoms. The fourth-order valence-electron chi connectivity index (χ4n) is 3.27. The third-order valence-corrected chi connectivity index (χ3v) is 4.73. The van der Waals surface area contributed by atoms with Gasteiger partial charge in [-0.05, 0) is 56.0 Å². The van der Waals surface area contributed by atoms with Crippen molar-refractivity contribution in [2.24, 2.45) is 5.92 Å². The van der Waals surface area contributed by atoms with Gasteiger partial charge < -0.3 is 16.0 Å². The van der Waals surface area contributed by atoms with Crippen LogP contribution in [0.3, 0.4) is 0 Å². The Labute approximate surface area is 159 Å². The number of anilines is 1. The molecule has 8 heteroatoms. The molecule has 0 saturated carbocycles. The lowest BCUT2D eigenvalue weighted by atomic mass is 9.93. The van der Waals surface area contributed by atoms with Crippen LogP contribution in [0.2, 0.25) is 0 Å². The molecule has 4 amide bonds. The molecule has 0 aromatic heterocycles. The highest BCUT2D eigenvalue weighted by molar-refractivity contribution is 6.01. The highest BCUT2D eigenvalue weighted by Crippen LogP contribution is 2.19. The van der Waals surface area contributed by atoms with Crippen molar-refractivity contribution in [3.8, 4) is 0 Å². The lowest BCUT2D eigenvalue weighted by Gasteiger charge is -2.22. The number of nitrogens with one attached hydrogen (secondary N) is 3. The van der Waals surface area contributed by atoms with Gasteiger partial charge in [0.2, 0.25) is 11.8 Å². The number of urea groups is 1. The lowest BCUT2D eigenvalue weighted by Crippen LogP contribution is -2.30. The average Bonchev–Trinajstić information content (AvgIpc) is 2.93. The van der Waals surface area contributed by atoms with E-state index < -0.39 is 0 Å². The largest absolute Gasteiger partial charge is 0.329 e. The number of rotatable bonds is 6. The zero-order valence-corrected chi connectivity index (χ0v) is 15.4. The third kappa shape index (κ3) is 5.44. The Balaban J connectivity index is 0.00000243. The van der Waals surface area contributed by atoms with Crippen LogP contribution in [0, 0.1) is 5.92 Å². The molecule has 0 aliphatic carbocycles. The molecule has 0 atom stereocenters. The van der Waals surface area contributed by atoms with Crippen LogP contribution in [-0.2, 0) is 16.1 Å². The molecule has 0 radical (unpaired) electrons. The van der Waals surface area contributed by atoms with Gasteiger partial charge in [-0.25, -0.2) is 4.79 Å². The molecule has 1 aromatic rings. The summed E-state index contributed by atoms with van der Waals surface area (Å²) in [7, 11) is 0. The lowest BCUT2D eigenvalue weighted by molar-refractivity contribution is -0.125. The molecular formula is C18H25ClN4O3. The highest BCUT2D eigenvalue weighted by Gasteiger charge is 2.28. The molecule has 2 aliphatic heterocycles. The van der Waals surface area contributed by atoms with Crippen molar-refractivity contribution in [2.45, 2.75) is 32.2 Å². The first-order valence-electron chi connectivity index (χ1n) is 8.79. The Hall–Kier alpha value is -2.12. The summed E-state index contributed by atoms with van der Waals surface area (Å²) >= 11 is 0. The maximum absolute atomic E-state index is 12.2. The number of halogens is 1. The van der Waals surface area contributed by atoms with Gasteiger partial charge in [0.15, 0.2) is 0 Å². The molecule has 2 aliphatic rings. The van der Waals surface area contributed by atoms with E-state index in [1.165, 1.54) is 4.90 Å². The van der Waals surface area contributed by atoms with E-state index >= 15 is 0 Å². The van der Waals surface area contributed by atoms with E-state index in [0.29, 0.717) is 18.0 Å². The van der Waals surface area contributed by atoms with Crippen molar-refractivity contribution in [3.05, 3.63) is 29.8 Å². The number of carbonyl (C=O) groups excluding carboxylic acids is 3. The Morgan fingerprint density at radius 3 is 2.69 bits per heavy atom. The monoisotopic (exact) mass is 380 g/mol. The Morgan fingerprint density at radius 2 is 2.00 bits per heavy atom. The maximum Gasteiger partial charge on any atom is 0.324 e. The van der Waals surface area contributed by atoms with Crippen LogP contribution in [0.5, 0.6) is 0 Å². The number of amides is 4. The topological polar surface area (TPSA) is 90.5 Å². The van der Waals surface area contributed by atoms with E-state index in [-0.39, 0.29) is 43.3 Å². The minimum Gasteiger partial charge on any atom is -0.329 e. The Morgan fingerprint density at radius 1 is 1.23 bits per heavy atom. The van der Waals surface area contributed by atoms with E-state index in [0.717, 1.165) is 37.9 Å². The molecule has 26 heavy (non-hydrogen) atoms. The molecule has 2 fully saturated rings. The van der Waals surface area contributed by atoms with Gasteiger partial charge in [-0.1, -0.05) is 12.1 Å². The van der Waals surface area contributed by atoms with Crippen molar-refractivity contribution in [3.63, 3.8) is 0 Å². The van der Waals surface area contributed by atoms with Gasteiger partial charge in [-0.2, -0.15) is 0 Å². The van der Waals surface area contributed by atoms with Gasteiger partial charge in [0.05, 0.1) is 13.1 Å². The smallest absolute Gasteiger partial charge is 0.324 e. The SMILES string of the molecule is Cl.O=C(CCC1CCNCC1)Nc1cccc(CN2C(=O)CNC2=O)c1. The quantitative estimate of drug-likeness (QED) is 0.657. The molecule has 7 nitrogen and oxygen atoms in total. The van der Waals surface area contributed by atoms with Crippen molar-refractivity contribution in [1.29, 1.82) is 0 Å². The van der Waals surface area contributed by atoms with Gasteiger partial charge in [-0.15, -0.1) is 12.4 Å². The van der Waals surface area contributed by atoms with Gasteiger partial charge in [0.25, 0.3) is 0 Å². The first kappa shape index (κ1) is 20.2. The number of benzene rings is 1. The summed E-state index contributed by atoms with van der Waals surface area (Å²) in [6.45, 7) is 2.34. The fourth-order valence-corrected chi connectivity index (χ4v) is 3.27. The highest BCUT2D eigenvalue weighted by atomic mass is 35.5. The number of nitrogens with zero attached hydrogens (tertiary/aromatic N) is 1. The van der Waals surface area contributed by atoms with Crippen LogP contribution in [-0.4, -0.2) is 42.4 Å². The van der Waals surface area contributed by atoms with Crippen molar-refractivity contribution >= 4 is 35.9 Å².